The monoisotopic (exact) mass is 241 g/mol. The van der Waals surface area contributed by atoms with Crippen LogP contribution in [0, 0.1) is 5.92 Å². The van der Waals surface area contributed by atoms with Gasteiger partial charge in [0.1, 0.15) is 4.88 Å². The number of hydrogen-bond donors (Lipinski definition) is 2. The van der Waals surface area contributed by atoms with Crippen molar-refractivity contribution < 1.29 is 4.79 Å². The number of thiazole rings is 1. The summed E-state index contributed by atoms with van der Waals surface area (Å²) in [5.74, 6) is 0.409. The van der Waals surface area contributed by atoms with Crippen LogP contribution in [0.5, 0.6) is 0 Å². The standard InChI is InChI=1S/C11H19N3OS/c1-8(2)4-11(3,6-12)14-10(15)9-5-13-7-16-9/h5,7-8H,4,6,12H2,1-3H3,(H,14,15). The Bertz CT molecular complexity index is 337. The van der Waals surface area contributed by atoms with Crippen molar-refractivity contribution in [2.45, 2.75) is 32.7 Å². The largest absolute Gasteiger partial charge is 0.345 e. The van der Waals surface area contributed by atoms with Gasteiger partial charge >= 0.3 is 0 Å². The molecule has 16 heavy (non-hydrogen) atoms. The first-order valence-electron chi connectivity index (χ1n) is 5.38. The third kappa shape index (κ3) is 3.57. The number of nitrogens with one attached hydrogen (secondary N) is 1. The van der Waals surface area contributed by atoms with E-state index in [1.54, 1.807) is 11.7 Å². The van der Waals surface area contributed by atoms with Crippen molar-refractivity contribution in [2.75, 3.05) is 6.54 Å². The van der Waals surface area contributed by atoms with Gasteiger partial charge in [-0.3, -0.25) is 9.78 Å². The third-order valence-electron chi connectivity index (χ3n) is 2.38. The Morgan fingerprint density at radius 1 is 1.69 bits per heavy atom. The molecular weight excluding hydrogens is 222 g/mol. The fourth-order valence-corrected chi connectivity index (χ4v) is 2.27. The average Bonchev–Trinajstić information content (AvgIpc) is 2.69. The molecule has 0 spiro atoms. The van der Waals surface area contributed by atoms with E-state index in [1.807, 2.05) is 6.92 Å². The Morgan fingerprint density at radius 3 is 2.81 bits per heavy atom. The molecule has 1 atom stereocenters. The van der Waals surface area contributed by atoms with E-state index in [9.17, 15) is 4.79 Å². The van der Waals surface area contributed by atoms with Gasteiger partial charge in [0.25, 0.3) is 5.91 Å². The Kier molecular flexibility index (Phi) is 4.44. The predicted octanol–water partition coefficient (Wildman–Crippen LogP) is 1.64. The molecular formula is C11H19N3OS. The fraction of sp³-hybridized carbons (Fsp3) is 0.636. The third-order valence-corrected chi connectivity index (χ3v) is 3.15. The molecule has 1 aromatic rings. The van der Waals surface area contributed by atoms with E-state index in [4.69, 9.17) is 5.73 Å². The lowest BCUT2D eigenvalue weighted by Gasteiger charge is -2.30. The number of carbonyl (C=O) groups is 1. The van der Waals surface area contributed by atoms with Crippen LogP contribution in [0.1, 0.15) is 36.9 Å². The molecule has 0 aliphatic carbocycles. The minimum atomic E-state index is -0.338. The van der Waals surface area contributed by atoms with Gasteiger partial charge in [-0.05, 0) is 19.3 Å². The van der Waals surface area contributed by atoms with Crippen LogP contribution in [0.2, 0.25) is 0 Å². The molecule has 4 nitrogen and oxygen atoms in total. The Labute approximate surface area is 100 Å². The molecule has 0 bridgehead atoms. The topological polar surface area (TPSA) is 68.0 Å². The molecule has 3 N–H and O–H groups in total. The maximum absolute atomic E-state index is 11.9. The average molecular weight is 241 g/mol. The van der Waals surface area contributed by atoms with Crippen molar-refractivity contribution in [1.82, 2.24) is 10.3 Å². The fourth-order valence-electron chi connectivity index (χ4n) is 1.75. The van der Waals surface area contributed by atoms with E-state index in [2.05, 4.69) is 24.1 Å². The summed E-state index contributed by atoms with van der Waals surface area (Å²) in [5.41, 5.74) is 7.04. The van der Waals surface area contributed by atoms with Gasteiger partial charge in [0.2, 0.25) is 0 Å². The summed E-state index contributed by atoms with van der Waals surface area (Å²) in [7, 11) is 0. The molecule has 90 valence electrons. The molecule has 1 heterocycles. The van der Waals surface area contributed by atoms with Crippen LogP contribution in [-0.2, 0) is 0 Å². The van der Waals surface area contributed by atoms with Crippen LogP contribution in [-0.4, -0.2) is 23.0 Å². The zero-order valence-electron chi connectivity index (χ0n) is 9.99. The van der Waals surface area contributed by atoms with Crippen LogP contribution in [0.3, 0.4) is 0 Å². The van der Waals surface area contributed by atoms with Gasteiger partial charge in [-0.1, -0.05) is 13.8 Å². The zero-order chi connectivity index (χ0) is 12.2. The van der Waals surface area contributed by atoms with Crippen molar-refractivity contribution in [1.29, 1.82) is 0 Å². The Hall–Kier alpha value is -0.940. The maximum atomic E-state index is 11.9. The summed E-state index contributed by atoms with van der Waals surface area (Å²) < 4.78 is 0. The lowest BCUT2D eigenvalue weighted by atomic mass is 9.90. The summed E-state index contributed by atoms with van der Waals surface area (Å²) in [4.78, 5) is 16.4. The van der Waals surface area contributed by atoms with Crippen LogP contribution in [0.4, 0.5) is 0 Å². The number of nitrogens with two attached hydrogens (primary N) is 1. The summed E-state index contributed by atoms with van der Waals surface area (Å²) >= 11 is 1.34. The van der Waals surface area contributed by atoms with E-state index in [0.717, 1.165) is 6.42 Å². The zero-order valence-corrected chi connectivity index (χ0v) is 10.8. The van der Waals surface area contributed by atoms with Crippen LogP contribution >= 0.6 is 11.3 Å². The molecule has 0 aliphatic rings. The second kappa shape index (κ2) is 5.41. The highest BCUT2D eigenvalue weighted by Crippen LogP contribution is 2.16. The van der Waals surface area contributed by atoms with E-state index in [-0.39, 0.29) is 11.4 Å². The SMILES string of the molecule is CC(C)CC(C)(CN)NC(=O)c1cncs1. The lowest BCUT2D eigenvalue weighted by Crippen LogP contribution is -2.52. The maximum Gasteiger partial charge on any atom is 0.263 e. The molecule has 0 fully saturated rings. The number of aromatic nitrogens is 1. The first-order chi connectivity index (χ1) is 7.47. The Balaban J connectivity index is 2.66. The van der Waals surface area contributed by atoms with Crippen molar-refractivity contribution in [2.24, 2.45) is 11.7 Å². The van der Waals surface area contributed by atoms with Crippen molar-refractivity contribution in [3.8, 4) is 0 Å². The van der Waals surface area contributed by atoms with Crippen LogP contribution in [0.25, 0.3) is 0 Å². The number of hydrogen-bond acceptors (Lipinski definition) is 4. The quantitative estimate of drug-likeness (QED) is 0.823. The molecule has 1 amide bonds. The molecule has 0 aliphatic heterocycles. The molecule has 1 rings (SSSR count). The van der Waals surface area contributed by atoms with Crippen LogP contribution < -0.4 is 11.1 Å². The molecule has 0 saturated carbocycles. The van der Waals surface area contributed by atoms with Crippen molar-refractivity contribution in [3.05, 3.63) is 16.6 Å². The van der Waals surface area contributed by atoms with E-state index in [0.29, 0.717) is 17.3 Å². The smallest absolute Gasteiger partial charge is 0.263 e. The van der Waals surface area contributed by atoms with Crippen molar-refractivity contribution in [3.63, 3.8) is 0 Å². The van der Waals surface area contributed by atoms with Gasteiger partial charge in [0, 0.05) is 6.54 Å². The summed E-state index contributed by atoms with van der Waals surface area (Å²) in [5, 5.41) is 2.98. The molecule has 0 saturated heterocycles. The summed E-state index contributed by atoms with van der Waals surface area (Å²) in [6, 6.07) is 0. The molecule has 0 radical (unpaired) electrons. The highest BCUT2D eigenvalue weighted by atomic mass is 32.1. The first-order valence-corrected chi connectivity index (χ1v) is 6.26. The van der Waals surface area contributed by atoms with Gasteiger partial charge in [-0.25, -0.2) is 0 Å². The van der Waals surface area contributed by atoms with Gasteiger partial charge < -0.3 is 11.1 Å². The van der Waals surface area contributed by atoms with Gasteiger partial charge in [0.15, 0.2) is 0 Å². The number of nitrogens with zero attached hydrogens (tertiary/aromatic N) is 1. The minimum Gasteiger partial charge on any atom is -0.345 e. The molecule has 1 unspecified atom stereocenters. The summed E-state index contributed by atoms with van der Waals surface area (Å²) in [6.45, 7) is 6.65. The molecule has 0 aromatic carbocycles. The normalized spacial score (nSPS) is 14.8. The highest BCUT2D eigenvalue weighted by molar-refractivity contribution is 7.11. The lowest BCUT2D eigenvalue weighted by molar-refractivity contribution is 0.0902. The van der Waals surface area contributed by atoms with Crippen LogP contribution in [0.15, 0.2) is 11.7 Å². The Morgan fingerprint density at radius 2 is 2.38 bits per heavy atom. The summed E-state index contributed by atoms with van der Waals surface area (Å²) in [6.07, 6.45) is 2.44. The van der Waals surface area contributed by atoms with Gasteiger partial charge in [-0.15, -0.1) is 11.3 Å². The molecule has 1 aromatic heterocycles. The van der Waals surface area contributed by atoms with E-state index in [1.165, 1.54) is 11.3 Å². The second-order valence-corrected chi connectivity index (χ2v) is 5.57. The van der Waals surface area contributed by atoms with Crippen molar-refractivity contribution >= 4 is 17.2 Å². The van der Waals surface area contributed by atoms with E-state index < -0.39 is 0 Å². The second-order valence-electron chi connectivity index (χ2n) is 4.68. The highest BCUT2D eigenvalue weighted by Gasteiger charge is 2.26. The number of carbonyl (C=O) groups excluding carboxylic acids is 1. The molecule has 5 heteroatoms. The number of rotatable bonds is 5. The van der Waals surface area contributed by atoms with Gasteiger partial charge in [-0.2, -0.15) is 0 Å². The first kappa shape index (κ1) is 13.1. The van der Waals surface area contributed by atoms with E-state index >= 15 is 0 Å². The number of amides is 1. The van der Waals surface area contributed by atoms with Gasteiger partial charge in [0.05, 0.1) is 17.2 Å². The predicted molar refractivity (Wildman–Crippen MR) is 66.5 cm³/mol. The minimum absolute atomic E-state index is 0.0869.